The number of rotatable bonds is 7. The van der Waals surface area contributed by atoms with Gasteiger partial charge in [-0.15, -0.1) is 0 Å². The third kappa shape index (κ3) is 4.95. The van der Waals surface area contributed by atoms with Crippen molar-refractivity contribution in [2.45, 2.75) is 25.4 Å². The predicted octanol–water partition coefficient (Wildman–Crippen LogP) is 3.79. The number of morpholine rings is 1. The standard InChI is InChI=1S/C22H24FNO4/c1-27-17-11-9-16(10-12-17)20(25)7-4-8-22(26)24-13-14-28-21(15-24)18-5-2-3-6-19(18)23/h2-3,5-6,9-12,21H,4,7-8,13-15H2,1H3. The third-order valence-corrected chi connectivity index (χ3v) is 4.88. The number of ether oxygens (including phenoxy) is 2. The molecule has 6 heteroatoms. The summed E-state index contributed by atoms with van der Waals surface area (Å²) in [5, 5.41) is 0. The molecule has 0 radical (unpaired) electrons. The lowest BCUT2D eigenvalue weighted by molar-refractivity contribution is -0.139. The fourth-order valence-electron chi connectivity index (χ4n) is 3.28. The first kappa shape index (κ1) is 20.0. The number of nitrogens with zero attached hydrogens (tertiary/aromatic N) is 1. The number of Topliss-reactive ketones (excluding diaryl/α,β-unsaturated/α-hetero) is 1. The summed E-state index contributed by atoms with van der Waals surface area (Å²) in [7, 11) is 1.57. The second-order valence-corrected chi connectivity index (χ2v) is 6.73. The van der Waals surface area contributed by atoms with Crippen LogP contribution < -0.4 is 4.74 Å². The minimum Gasteiger partial charge on any atom is -0.497 e. The van der Waals surface area contributed by atoms with Gasteiger partial charge in [0.2, 0.25) is 5.91 Å². The highest BCUT2D eigenvalue weighted by molar-refractivity contribution is 5.96. The lowest BCUT2D eigenvalue weighted by atomic mass is 10.0. The van der Waals surface area contributed by atoms with E-state index < -0.39 is 6.10 Å². The van der Waals surface area contributed by atoms with Crippen molar-refractivity contribution in [1.29, 1.82) is 0 Å². The summed E-state index contributed by atoms with van der Waals surface area (Å²) in [5.74, 6) is 0.337. The molecule has 3 rings (SSSR count). The van der Waals surface area contributed by atoms with Crippen LogP contribution in [0.1, 0.15) is 41.3 Å². The summed E-state index contributed by atoms with van der Waals surface area (Å²) >= 11 is 0. The molecule has 0 N–H and O–H groups in total. The highest BCUT2D eigenvalue weighted by Crippen LogP contribution is 2.25. The van der Waals surface area contributed by atoms with Gasteiger partial charge in [0.1, 0.15) is 17.7 Å². The molecule has 2 aromatic carbocycles. The smallest absolute Gasteiger partial charge is 0.222 e. The number of halogens is 1. The SMILES string of the molecule is COc1ccc(C(=O)CCCC(=O)N2CCOC(c3ccccc3F)C2)cc1. The molecule has 1 atom stereocenters. The molecule has 2 aromatic rings. The van der Waals surface area contributed by atoms with E-state index in [2.05, 4.69) is 0 Å². The Kier molecular flexibility index (Phi) is 6.76. The second kappa shape index (κ2) is 9.46. The molecule has 1 amide bonds. The van der Waals surface area contributed by atoms with Crippen LogP contribution in [0.3, 0.4) is 0 Å². The van der Waals surface area contributed by atoms with E-state index in [0.29, 0.717) is 49.4 Å². The van der Waals surface area contributed by atoms with E-state index in [4.69, 9.17) is 9.47 Å². The monoisotopic (exact) mass is 385 g/mol. The highest BCUT2D eigenvalue weighted by Gasteiger charge is 2.26. The molecule has 28 heavy (non-hydrogen) atoms. The lowest BCUT2D eigenvalue weighted by Crippen LogP contribution is -2.42. The molecule has 1 fully saturated rings. The summed E-state index contributed by atoms with van der Waals surface area (Å²) in [4.78, 5) is 26.5. The Hall–Kier alpha value is -2.73. The zero-order chi connectivity index (χ0) is 19.9. The molecule has 0 saturated carbocycles. The molecule has 5 nitrogen and oxygen atoms in total. The molecule has 148 valence electrons. The highest BCUT2D eigenvalue weighted by atomic mass is 19.1. The Balaban J connectivity index is 1.49. The van der Waals surface area contributed by atoms with Crippen molar-refractivity contribution < 1.29 is 23.5 Å². The van der Waals surface area contributed by atoms with Gasteiger partial charge in [-0.2, -0.15) is 0 Å². The van der Waals surface area contributed by atoms with Crippen LogP contribution in [-0.2, 0) is 9.53 Å². The van der Waals surface area contributed by atoms with Crippen molar-refractivity contribution in [3.8, 4) is 5.75 Å². The number of carbonyl (C=O) groups is 2. The van der Waals surface area contributed by atoms with Crippen LogP contribution in [0.2, 0.25) is 0 Å². The van der Waals surface area contributed by atoms with Crippen molar-refractivity contribution in [2.24, 2.45) is 0 Å². The maximum Gasteiger partial charge on any atom is 0.222 e. The van der Waals surface area contributed by atoms with Gasteiger partial charge in [-0.1, -0.05) is 18.2 Å². The minimum atomic E-state index is -0.458. The number of methoxy groups -OCH3 is 1. The van der Waals surface area contributed by atoms with Crippen LogP contribution in [0, 0.1) is 5.82 Å². The van der Waals surface area contributed by atoms with Gasteiger partial charge in [-0.25, -0.2) is 4.39 Å². The van der Waals surface area contributed by atoms with E-state index in [-0.39, 0.29) is 23.9 Å². The molecular weight excluding hydrogens is 361 g/mol. The number of ketones is 1. The van der Waals surface area contributed by atoms with Gasteiger partial charge in [0.05, 0.1) is 20.3 Å². The molecule has 1 heterocycles. The third-order valence-electron chi connectivity index (χ3n) is 4.88. The van der Waals surface area contributed by atoms with Crippen LogP contribution in [-0.4, -0.2) is 43.4 Å². The Morgan fingerprint density at radius 3 is 2.61 bits per heavy atom. The van der Waals surface area contributed by atoms with Crippen LogP contribution >= 0.6 is 0 Å². The van der Waals surface area contributed by atoms with Gasteiger partial charge in [-0.05, 0) is 36.8 Å². The summed E-state index contributed by atoms with van der Waals surface area (Å²) in [6.45, 7) is 1.18. The average Bonchev–Trinajstić information content (AvgIpc) is 2.74. The second-order valence-electron chi connectivity index (χ2n) is 6.73. The Morgan fingerprint density at radius 1 is 1.14 bits per heavy atom. The largest absolute Gasteiger partial charge is 0.497 e. The first-order valence-electron chi connectivity index (χ1n) is 9.39. The molecule has 1 aliphatic heterocycles. The zero-order valence-corrected chi connectivity index (χ0v) is 15.9. The van der Waals surface area contributed by atoms with E-state index >= 15 is 0 Å². The van der Waals surface area contributed by atoms with Crippen molar-refractivity contribution >= 4 is 11.7 Å². The van der Waals surface area contributed by atoms with Crippen molar-refractivity contribution in [1.82, 2.24) is 4.90 Å². The Morgan fingerprint density at radius 2 is 1.89 bits per heavy atom. The van der Waals surface area contributed by atoms with Gasteiger partial charge in [0.15, 0.2) is 5.78 Å². The van der Waals surface area contributed by atoms with Crippen LogP contribution in [0.15, 0.2) is 48.5 Å². The first-order chi connectivity index (χ1) is 13.6. The van der Waals surface area contributed by atoms with E-state index in [1.54, 1.807) is 54.5 Å². The molecule has 0 bridgehead atoms. The molecular formula is C22H24FNO4. The molecule has 1 aliphatic rings. The summed E-state index contributed by atoms with van der Waals surface area (Å²) in [6.07, 6.45) is 0.607. The molecule has 0 spiro atoms. The molecule has 1 saturated heterocycles. The predicted molar refractivity (Wildman–Crippen MR) is 103 cm³/mol. The molecule has 0 aromatic heterocycles. The lowest BCUT2D eigenvalue weighted by Gasteiger charge is -2.33. The van der Waals surface area contributed by atoms with Gasteiger partial charge < -0.3 is 14.4 Å². The topological polar surface area (TPSA) is 55.8 Å². The Bertz CT molecular complexity index is 822. The van der Waals surface area contributed by atoms with Gasteiger partial charge in [-0.3, -0.25) is 9.59 Å². The zero-order valence-electron chi connectivity index (χ0n) is 15.9. The van der Waals surface area contributed by atoms with E-state index in [1.165, 1.54) is 6.07 Å². The number of benzene rings is 2. The van der Waals surface area contributed by atoms with Gasteiger partial charge in [0, 0.05) is 30.5 Å². The van der Waals surface area contributed by atoms with Gasteiger partial charge in [0.25, 0.3) is 0 Å². The molecule has 0 aliphatic carbocycles. The minimum absolute atomic E-state index is 0.00154. The fraction of sp³-hybridized carbons (Fsp3) is 0.364. The van der Waals surface area contributed by atoms with Crippen LogP contribution in [0.5, 0.6) is 5.75 Å². The van der Waals surface area contributed by atoms with Crippen LogP contribution in [0.4, 0.5) is 4.39 Å². The van der Waals surface area contributed by atoms with Gasteiger partial charge >= 0.3 is 0 Å². The number of hydrogen-bond acceptors (Lipinski definition) is 4. The number of amides is 1. The summed E-state index contributed by atoms with van der Waals surface area (Å²) in [6, 6.07) is 13.4. The maximum atomic E-state index is 14.0. The fourth-order valence-corrected chi connectivity index (χ4v) is 3.28. The normalized spacial score (nSPS) is 16.6. The van der Waals surface area contributed by atoms with Crippen molar-refractivity contribution in [3.63, 3.8) is 0 Å². The van der Waals surface area contributed by atoms with E-state index in [1.807, 2.05) is 0 Å². The van der Waals surface area contributed by atoms with E-state index in [0.717, 1.165) is 0 Å². The summed E-state index contributed by atoms with van der Waals surface area (Å²) < 4.78 is 24.7. The first-order valence-corrected chi connectivity index (χ1v) is 9.39. The molecule has 1 unspecified atom stereocenters. The van der Waals surface area contributed by atoms with Crippen LogP contribution in [0.25, 0.3) is 0 Å². The van der Waals surface area contributed by atoms with Crippen molar-refractivity contribution in [3.05, 3.63) is 65.5 Å². The number of carbonyl (C=O) groups excluding carboxylic acids is 2. The van der Waals surface area contributed by atoms with E-state index in [9.17, 15) is 14.0 Å². The summed E-state index contributed by atoms with van der Waals surface area (Å²) in [5.41, 5.74) is 1.08. The quantitative estimate of drug-likeness (QED) is 0.681. The Labute approximate surface area is 164 Å². The number of hydrogen-bond donors (Lipinski definition) is 0. The maximum absolute atomic E-state index is 14.0. The average molecular weight is 385 g/mol. The van der Waals surface area contributed by atoms with Crippen molar-refractivity contribution in [2.75, 3.05) is 26.8 Å².